The van der Waals surface area contributed by atoms with E-state index in [4.69, 9.17) is 5.73 Å². The minimum Gasteiger partial charge on any atom is -0.322 e. The van der Waals surface area contributed by atoms with E-state index in [1.807, 2.05) is 38.1 Å². The highest BCUT2D eigenvalue weighted by molar-refractivity contribution is 5.57. The summed E-state index contributed by atoms with van der Waals surface area (Å²) in [5.74, 6) is 0.542. The summed E-state index contributed by atoms with van der Waals surface area (Å²) < 4.78 is 1.58. The minimum atomic E-state index is -0.385. The van der Waals surface area contributed by atoms with Gasteiger partial charge in [-0.1, -0.05) is 24.3 Å². The van der Waals surface area contributed by atoms with Crippen LogP contribution in [0.5, 0.6) is 0 Å². The molecule has 0 saturated heterocycles. The van der Waals surface area contributed by atoms with Crippen LogP contribution in [0.4, 0.5) is 0 Å². The molecule has 2 heterocycles. The van der Waals surface area contributed by atoms with Gasteiger partial charge in [-0.25, -0.2) is 4.52 Å². The van der Waals surface area contributed by atoms with Gasteiger partial charge in [0.1, 0.15) is 5.52 Å². The minimum absolute atomic E-state index is 0.150. The number of H-pyrrole nitrogens is 1. The Morgan fingerprint density at radius 2 is 1.90 bits per heavy atom. The number of benzene rings is 1. The molecule has 3 rings (SSSR count). The molecule has 2 aromatic heterocycles. The lowest BCUT2D eigenvalue weighted by molar-refractivity contribution is 0.554. The molecule has 0 spiro atoms. The molecule has 0 saturated carbocycles. The van der Waals surface area contributed by atoms with E-state index in [9.17, 15) is 4.79 Å². The predicted molar refractivity (Wildman–Crippen MR) is 78.5 cm³/mol. The number of nitrogens with two attached hydrogens (primary N) is 1. The van der Waals surface area contributed by atoms with E-state index in [1.165, 1.54) is 0 Å². The van der Waals surface area contributed by atoms with Gasteiger partial charge < -0.3 is 10.7 Å². The van der Waals surface area contributed by atoms with E-state index < -0.39 is 0 Å². The summed E-state index contributed by atoms with van der Waals surface area (Å²) >= 11 is 0. The first-order chi connectivity index (χ1) is 9.45. The summed E-state index contributed by atoms with van der Waals surface area (Å²) in [6.45, 7) is 3.90. The summed E-state index contributed by atoms with van der Waals surface area (Å²) in [6.07, 6.45) is 1.76. The highest BCUT2D eigenvalue weighted by Crippen LogP contribution is 2.20. The summed E-state index contributed by atoms with van der Waals surface area (Å²) in [5.41, 5.74) is 7.94. The molecular weight excluding hydrogens is 252 g/mol. The van der Waals surface area contributed by atoms with E-state index in [2.05, 4.69) is 10.1 Å². The van der Waals surface area contributed by atoms with Crippen LogP contribution in [-0.4, -0.2) is 14.6 Å². The van der Waals surface area contributed by atoms with Crippen LogP contribution in [0, 0.1) is 0 Å². The third-order valence-corrected chi connectivity index (χ3v) is 3.30. The van der Waals surface area contributed by atoms with Crippen LogP contribution in [0.3, 0.4) is 0 Å². The van der Waals surface area contributed by atoms with Crippen molar-refractivity contribution in [1.29, 1.82) is 0 Å². The van der Waals surface area contributed by atoms with Crippen LogP contribution in [0.2, 0.25) is 0 Å². The maximum Gasteiger partial charge on any atom is 0.275 e. The van der Waals surface area contributed by atoms with Gasteiger partial charge >= 0.3 is 0 Å². The van der Waals surface area contributed by atoms with Gasteiger partial charge in [-0.3, -0.25) is 4.79 Å². The maximum atomic E-state index is 11.9. The quantitative estimate of drug-likeness (QED) is 0.745. The molecule has 0 bridgehead atoms. The Kier molecular flexibility index (Phi) is 2.72. The van der Waals surface area contributed by atoms with Gasteiger partial charge in [-0.05, 0) is 31.5 Å². The normalized spacial score (nSPS) is 11.9. The second-order valence-corrected chi connectivity index (χ2v) is 5.44. The van der Waals surface area contributed by atoms with Gasteiger partial charge in [-0.2, -0.15) is 0 Å². The fraction of sp³-hybridized carbons (Fsp3) is 0.200. The maximum absolute atomic E-state index is 11.9. The Morgan fingerprint density at radius 1 is 1.20 bits per heavy atom. The number of nitrogens with one attached hydrogen (secondary N) is 1. The fourth-order valence-electron chi connectivity index (χ4n) is 2.13. The second-order valence-electron chi connectivity index (χ2n) is 5.44. The van der Waals surface area contributed by atoms with Crippen molar-refractivity contribution >= 4 is 5.52 Å². The van der Waals surface area contributed by atoms with Crippen molar-refractivity contribution in [2.24, 2.45) is 5.73 Å². The highest BCUT2D eigenvalue weighted by atomic mass is 16.1. The van der Waals surface area contributed by atoms with Crippen LogP contribution in [0.25, 0.3) is 16.9 Å². The van der Waals surface area contributed by atoms with Crippen molar-refractivity contribution in [3.8, 4) is 11.4 Å². The van der Waals surface area contributed by atoms with Crippen molar-refractivity contribution in [1.82, 2.24) is 14.6 Å². The number of hydrogen-bond donors (Lipinski definition) is 2. The SMILES string of the molecule is CC(C)(N)c1ccc(-c2nn3cccc3c(=O)[nH]2)cc1. The largest absolute Gasteiger partial charge is 0.322 e. The Bertz CT molecular complexity index is 806. The summed E-state index contributed by atoms with van der Waals surface area (Å²) in [7, 11) is 0. The number of hydrogen-bond acceptors (Lipinski definition) is 3. The molecule has 3 N–H and O–H groups in total. The van der Waals surface area contributed by atoms with Crippen LogP contribution >= 0.6 is 0 Å². The average Bonchev–Trinajstić information content (AvgIpc) is 2.86. The van der Waals surface area contributed by atoms with E-state index in [-0.39, 0.29) is 11.1 Å². The van der Waals surface area contributed by atoms with E-state index in [0.717, 1.165) is 11.1 Å². The Balaban J connectivity index is 2.09. The van der Waals surface area contributed by atoms with Gasteiger partial charge in [0.25, 0.3) is 5.56 Å². The van der Waals surface area contributed by atoms with Crippen molar-refractivity contribution in [2.75, 3.05) is 0 Å². The lowest BCUT2D eigenvalue weighted by Crippen LogP contribution is -2.28. The van der Waals surface area contributed by atoms with Gasteiger partial charge in [0.05, 0.1) is 0 Å². The Morgan fingerprint density at radius 3 is 2.55 bits per heavy atom. The van der Waals surface area contributed by atoms with Gasteiger partial charge in [0.15, 0.2) is 5.82 Å². The molecule has 102 valence electrons. The first-order valence-electron chi connectivity index (χ1n) is 6.42. The number of aromatic nitrogens is 3. The zero-order valence-corrected chi connectivity index (χ0v) is 11.4. The molecule has 0 aliphatic carbocycles. The third-order valence-electron chi connectivity index (χ3n) is 3.30. The van der Waals surface area contributed by atoms with Crippen LogP contribution in [0.1, 0.15) is 19.4 Å². The van der Waals surface area contributed by atoms with E-state index >= 15 is 0 Å². The van der Waals surface area contributed by atoms with Crippen molar-refractivity contribution < 1.29 is 0 Å². The predicted octanol–water partition coefficient (Wildman–Crippen LogP) is 1.88. The molecule has 0 amide bonds. The molecule has 0 atom stereocenters. The van der Waals surface area contributed by atoms with Gasteiger partial charge in [0, 0.05) is 17.3 Å². The summed E-state index contributed by atoms with van der Waals surface area (Å²) in [6, 6.07) is 11.3. The molecule has 0 aliphatic rings. The van der Waals surface area contributed by atoms with Crippen molar-refractivity contribution in [3.05, 3.63) is 58.5 Å². The second kappa shape index (κ2) is 4.31. The fourth-order valence-corrected chi connectivity index (χ4v) is 2.13. The van der Waals surface area contributed by atoms with Gasteiger partial charge in [-0.15, -0.1) is 5.10 Å². The van der Waals surface area contributed by atoms with Gasteiger partial charge in [0.2, 0.25) is 0 Å². The van der Waals surface area contributed by atoms with Crippen molar-refractivity contribution in [3.63, 3.8) is 0 Å². The monoisotopic (exact) mass is 268 g/mol. The third kappa shape index (κ3) is 2.12. The molecule has 0 fully saturated rings. The molecule has 3 aromatic rings. The first kappa shape index (κ1) is 12.6. The molecule has 1 aromatic carbocycles. The summed E-state index contributed by atoms with van der Waals surface area (Å²) in [4.78, 5) is 14.7. The number of nitrogens with zero attached hydrogens (tertiary/aromatic N) is 2. The molecule has 0 radical (unpaired) electrons. The lowest BCUT2D eigenvalue weighted by atomic mass is 9.95. The van der Waals surface area contributed by atoms with Crippen molar-refractivity contribution in [2.45, 2.75) is 19.4 Å². The zero-order chi connectivity index (χ0) is 14.3. The van der Waals surface area contributed by atoms with E-state index in [1.54, 1.807) is 22.8 Å². The molecule has 5 nitrogen and oxygen atoms in total. The Hall–Kier alpha value is -2.40. The number of fused-ring (bicyclic) bond motifs is 1. The number of rotatable bonds is 2. The lowest BCUT2D eigenvalue weighted by Gasteiger charge is -2.19. The Labute approximate surface area is 116 Å². The standard InChI is InChI=1S/C15H16N4O/c1-15(2,16)11-7-5-10(6-8-11)13-17-14(20)12-4-3-9-19(12)18-13/h3-9H,16H2,1-2H3,(H,17,18,20). The molecule has 0 unspecified atom stereocenters. The van der Waals surface area contributed by atoms with Crippen LogP contribution in [0.15, 0.2) is 47.4 Å². The van der Waals surface area contributed by atoms with E-state index in [0.29, 0.717) is 11.3 Å². The number of aromatic amines is 1. The smallest absolute Gasteiger partial charge is 0.275 e. The van der Waals surface area contributed by atoms with Crippen LogP contribution in [-0.2, 0) is 5.54 Å². The molecule has 0 aliphatic heterocycles. The highest BCUT2D eigenvalue weighted by Gasteiger charge is 2.14. The first-order valence-corrected chi connectivity index (χ1v) is 6.42. The van der Waals surface area contributed by atoms with Crippen LogP contribution < -0.4 is 11.3 Å². The topological polar surface area (TPSA) is 76.2 Å². The zero-order valence-electron chi connectivity index (χ0n) is 11.4. The molecule has 5 heteroatoms. The molecule has 20 heavy (non-hydrogen) atoms. The summed E-state index contributed by atoms with van der Waals surface area (Å²) in [5, 5.41) is 4.39. The average molecular weight is 268 g/mol. The molecular formula is C15H16N4O.